The second kappa shape index (κ2) is 10.2. The average Bonchev–Trinajstić information content (AvgIpc) is 2.63. The molecule has 1 aromatic rings. The molecule has 2 rings (SSSR count). The van der Waals surface area contributed by atoms with Crippen molar-refractivity contribution in [1.29, 1.82) is 0 Å². The number of likely N-dealkylation sites (tertiary alicyclic amines) is 1. The molecule has 1 heterocycles. The molecule has 150 valence electrons. The lowest BCUT2D eigenvalue weighted by Crippen LogP contribution is -2.46. The van der Waals surface area contributed by atoms with Gasteiger partial charge < -0.3 is 14.4 Å². The molecule has 0 bridgehead atoms. The van der Waals surface area contributed by atoms with Gasteiger partial charge in [-0.1, -0.05) is 12.1 Å². The van der Waals surface area contributed by atoms with E-state index in [1.165, 1.54) is 12.1 Å². The molecule has 0 spiro atoms. The molecule has 8 heteroatoms. The summed E-state index contributed by atoms with van der Waals surface area (Å²) in [5.74, 6) is -0.431. The summed E-state index contributed by atoms with van der Waals surface area (Å²) in [6, 6.07) is 6.34. The van der Waals surface area contributed by atoms with Crippen LogP contribution in [0.4, 0.5) is 8.78 Å². The molecule has 1 amide bonds. The van der Waals surface area contributed by atoms with Crippen molar-refractivity contribution in [3.63, 3.8) is 0 Å². The fraction of sp³-hybridized carbons (Fsp3) is 0.579. The SMILES string of the molecule is CCOC(=O)C1CCCN(C(=O)CN(C)Cc2ccc(OC(F)F)cc2)C1. The van der Waals surface area contributed by atoms with Crippen molar-refractivity contribution in [2.24, 2.45) is 5.92 Å². The van der Waals surface area contributed by atoms with Gasteiger partial charge in [-0.15, -0.1) is 0 Å². The van der Waals surface area contributed by atoms with E-state index >= 15 is 0 Å². The quantitative estimate of drug-likeness (QED) is 0.645. The zero-order chi connectivity index (χ0) is 19.8. The zero-order valence-corrected chi connectivity index (χ0v) is 15.7. The van der Waals surface area contributed by atoms with E-state index < -0.39 is 6.61 Å². The van der Waals surface area contributed by atoms with Crippen LogP contribution in [0.1, 0.15) is 25.3 Å². The van der Waals surface area contributed by atoms with Crippen molar-refractivity contribution in [1.82, 2.24) is 9.80 Å². The predicted octanol–water partition coefficient (Wildman–Crippen LogP) is 2.52. The molecule has 27 heavy (non-hydrogen) atoms. The van der Waals surface area contributed by atoms with Crippen LogP contribution < -0.4 is 4.74 Å². The maximum atomic E-state index is 12.5. The van der Waals surface area contributed by atoms with Gasteiger partial charge in [-0.3, -0.25) is 14.5 Å². The number of carbonyl (C=O) groups is 2. The second-order valence-corrected chi connectivity index (χ2v) is 6.63. The molecule has 1 aromatic carbocycles. The summed E-state index contributed by atoms with van der Waals surface area (Å²) >= 11 is 0. The molecule has 6 nitrogen and oxygen atoms in total. The standard InChI is InChI=1S/C19H26F2N2O4/c1-3-26-18(25)15-5-4-10-23(12-15)17(24)13-22(2)11-14-6-8-16(9-7-14)27-19(20)21/h6-9,15,19H,3-5,10-13H2,1-2H3. The van der Waals surface area contributed by atoms with Crippen LogP contribution in [0, 0.1) is 5.92 Å². The second-order valence-electron chi connectivity index (χ2n) is 6.63. The van der Waals surface area contributed by atoms with Crippen molar-refractivity contribution >= 4 is 11.9 Å². The normalized spacial score (nSPS) is 17.3. The number of alkyl halides is 2. The lowest BCUT2D eigenvalue weighted by atomic mass is 9.98. The molecule has 1 fully saturated rings. The number of hydrogen-bond donors (Lipinski definition) is 0. The van der Waals surface area contributed by atoms with E-state index in [0.29, 0.717) is 26.2 Å². The summed E-state index contributed by atoms with van der Waals surface area (Å²) in [5, 5.41) is 0. The van der Waals surface area contributed by atoms with Gasteiger partial charge in [-0.05, 0) is 44.5 Å². The molecule has 1 saturated heterocycles. The van der Waals surface area contributed by atoms with Crippen molar-refractivity contribution in [3.8, 4) is 5.75 Å². The number of nitrogens with zero attached hydrogens (tertiary/aromatic N) is 2. The molecule has 1 unspecified atom stereocenters. The number of ether oxygens (including phenoxy) is 2. The van der Waals surface area contributed by atoms with E-state index in [4.69, 9.17) is 4.74 Å². The topological polar surface area (TPSA) is 59.1 Å². The fourth-order valence-electron chi connectivity index (χ4n) is 3.13. The minimum absolute atomic E-state index is 0.0378. The average molecular weight is 384 g/mol. The van der Waals surface area contributed by atoms with Crippen LogP contribution in [0.15, 0.2) is 24.3 Å². The minimum atomic E-state index is -2.85. The van der Waals surface area contributed by atoms with Crippen LogP contribution in [0.25, 0.3) is 0 Å². The molecule has 0 saturated carbocycles. The van der Waals surface area contributed by atoms with Crippen LogP contribution in [0.5, 0.6) is 5.75 Å². The van der Waals surface area contributed by atoms with E-state index in [9.17, 15) is 18.4 Å². The highest BCUT2D eigenvalue weighted by atomic mass is 19.3. The molecule has 0 N–H and O–H groups in total. The maximum Gasteiger partial charge on any atom is 0.387 e. The first-order chi connectivity index (χ1) is 12.9. The highest BCUT2D eigenvalue weighted by molar-refractivity contribution is 5.80. The monoisotopic (exact) mass is 384 g/mol. The van der Waals surface area contributed by atoms with E-state index in [-0.39, 0.29) is 30.1 Å². The molecule has 0 aliphatic carbocycles. The lowest BCUT2D eigenvalue weighted by Gasteiger charge is -2.32. The number of hydrogen-bond acceptors (Lipinski definition) is 5. The van der Waals surface area contributed by atoms with Gasteiger partial charge in [0.15, 0.2) is 0 Å². The Kier molecular flexibility index (Phi) is 7.97. The third-order valence-corrected chi connectivity index (χ3v) is 4.40. The Balaban J connectivity index is 1.83. The number of esters is 1. The largest absolute Gasteiger partial charge is 0.466 e. The van der Waals surface area contributed by atoms with Crippen molar-refractivity contribution < 1.29 is 27.8 Å². The van der Waals surface area contributed by atoms with Crippen molar-refractivity contribution in [3.05, 3.63) is 29.8 Å². The summed E-state index contributed by atoms with van der Waals surface area (Å²) in [6.07, 6.45) is 1.52. The van der Waals surface area contributed by atoms with Gasteiger partial charge in [0.25, 0.3) is 0 Å². The van der Waals surface area contributed by atoms with Crippen LogP contribution >= 0.6 is 0 Å². The van der Waals surface area contributed by atoms with Gasteiger partial charge >= 0.3 is 12.6 Å². The molecule has 0 radical (unpaired) electrons. The van der Waals surface area contributed by atoms with E-state index in [0.717, 1.165) is 18.4 Å². The summed E-state index contributed by atoms with van der Waals surface area (Å²) in [5.41, 5.74) is 0.884. The summed E-state index contributed by atoms with van der Waals surface area (Å²) in [7, 11) is 1.81. The molecule has 0 aromatic heterocycles. The van der Waals surface area contributed by atoms with Crippen molar-refractivity contribution in [2.75, 3.05) is 33.3 Å². The number of rotatable bonds is 8. The highest BCUT2D eigenvalue weighted by Gasteiger charge is 2.29. The third kappa shape index (κ3) is 6.78. The van der Waals surface area contributed by atoms with Crippen molar-refractivity contribution in [2.45, 2.75) is 32.9 Å². The number of amides is 1. The van der Waals surface area contributed by atoms with Crippen LogP contribution in [-0.4, -0.2) is 61.6 Å². The highest BCUT2D eigenvalue weighted by Crippen LogP contribution is 2.19. The number of likely N-dealkylation sites (N-methyl/N-ethyl adjacent to an activating group) is 1. The number of carbonyl (C=O) groups excluding carboxylic acids is 2. The Hall–Kier alpha value is -2.22. The van der Waals surface area contributed by atoms with E-state index in [1.807, 2.05) is 11.9 Å². The zero-order valence-electron chi connectivity index (χ0n) is 15.7. The number of halogens is 2. The molecule has 1 aliphatic rings. The first-order valence-corrected chi connectivity index (χ1v) is 9.05. The van der Waals surface area contributed by atoms with E-state index in [1.54, 1.807) is 24.0 Å². The Morgan fingerprint density at radius 1 is 1.30 bits per heavy atom. The summed E-state index contributed by atoms with van der Waals surface area (Å²) in [4.78, 5) is 28.0. The Morgan fingerprint density at radius 2 is 2.00 bits per heavy atom. The van der Waals surface area contributed by atoms with Gasteiger partial charge in [0, 0.05) is 19.6 Å². The molecule has 1 atom stereocenters. The smallest absolute Gasteiger partial charge is 0.387 e. The van der Waals surface area contributed by atoms with Gasteiger partial charge in [0.05, 0.1) is 19.1 Å². The minimum Gasteiger partial charge on any atom is -0.466 e. The summed E-state index contributed by atoms with van der Waals surface area (Å²) in [6.45, 7) is 1.01. The Bertz CT molecular complexity index is 625. The maximum absolute atomic E-state index is 12.5. The van der Waals surface area contributed by atoms with Gasteiger partial charge in [-0.2, -0.15) is 8.78 Å². The first kappa shape index (κ1) is 21.1. The number of piperidine rings is 1. The Labute approximate surface area is 158 Å². The fourth-order valence-corrected chi connectivity index (χ4v) is 3.13. The third-order valence-electron chi connectivity index (χ3n) is 4.40. The first-order valence-electron chi connectivity index (χ1n) is 9.05. The van der Waals surface area contributed by atoms with Gasteiger partial charge in [0.1, 0.15) is 5.75 Å². The lowest BCUT2D eigenvalue weighted by molar-refractivity contribution is -0.151. The predicted molar refractivity (Wildman–Crippen MR) is 95.3 cm³/mol. The Morgan fingerprint density at radius 3 is 2.63 bits per heavy atom. The van der Waals surface area contributed by atoms with Crippen LogP contribution in [0.2, 0.25) is 0 Å². The van der Waals surface area contributed by atoms with Gasteiger partial charge in [0.2, 0.25) is 5.91 Å². The molecule has 1 aliphatic heterocycles. The van der Waals surface area contributed by atoms with E-state index in [2.05, 4.69) is 4.74 Å². The number of benzene rings is 1. The van der Waals surface area contributed by atoms with Gasteiger partial charge in [-0.25, -0.2) is 0 Å². The molecular weight excluding hydrogens is 358 g/mol. The summed E-state index contributed by atoms with van der Waals surface area (Å²) < 4.78 is 33.7. The van der Waals surface area contributed by atoms with Crippen LogP contribution in [-0.2, 0) is 20.9 Å². The van der Waals surface area contributed by atoms with Crippen LogP contribution in [0.3, 0.4) is 0 Å². The molecular formula is C19H26F2N2O4.